The Morgan fingerprint density at radius 1 is 1.19 bits per heavy atom. The van der Waals surface area contributed by atoms with Gasteiger partial charge in [0, 0.05) is 45.9 Å². The number of rotatable bonds is 4. The van der Waals surface area contributed by atoms with Gasteiger partial charge in [0.05, 0.1) is 5.92 Å². The largest absolute Gasteiger partial charge is 0.361 e. The monoisotopic (exact) mass is 361 g/mol. The van der Waals surface area contributed by atoms with Crippen LogP contribution in [-0.4, -0.2) is 23.5 Å². The van der Waals surface area contributed by atoms with Crippen LogP contribution in [0.3, 0.4) is 0 Å². The Morgan fingerprint density at radius 3 is 2.63 bits per heavy atom. The Labute approximate surface area is 158 Å². The molecule has 1 atom stereocenters. The number of H-pyrrole nitrogens is 1. The molecule has 2 heterocycles. The third-order valence-electron chi connectivity index (χ3n) is 5.67. The Hall–Kier alpha value is -3.08. The summed E-state index contributed by atoms with van der Waals surface area (Å²) >= 11 is 0. The molecule has 27 heavy (non-hydrogen) atoms. The minimum atomic E-state index is -0.304. The molecule has 1 aliphatic rings. The van der Waals surface area contributed by atoms with Crippen LogP contribution in [0.2, 0.25) is 0 Å². The number of nitro groups is 1. The molecule has 1 aromatic heterocycles. The number of likely N-dealkylation sites (N-methyl/N-ethyl adjacent to an activating group) is 1. The van der Waals surface area contributed by atoms with Crippen LogP contribution >= 0.6 is 0 Å². The van der Waals surface area contributed by atoms with Crippen molar-refractivity contribution in [3.05, 3.63) is 87.7 Å². The highest BCUT2D eigenvalue weighted by atomic mass is 16.6. The summed E-state index contributed by atoms with van der Waals surface area (Å²) in [7, 11) is 2.04. The zero-order valence-corrected chi connectivity index (χ0v) is 15.8. The molecule has 4 rings (SSSR count). The van der Waals surface area contributed by atoms with Gasteiger partial charge in [-0.2, -0.15) is 0 Å². The second-order valence-corrected chi connectivity index (χ2v) is 7.66. The number of hydrogen-bond acceptors (Lipinski definition) is 3. The second kappa shape index (κ2) is 6.27. The van der Waals surface area contributed by atoms with E-state index in [-0.39, 0.29) is 22.8 Å². The lowest BCUT2D eigenvalue weighted by Gasteiger charge is -2.25. The van der Waals surface area contributed by atoms with Crippen molar-refractivity contribution in [2.45, 2.75) is 25.2 Å². The van der Waals surface area contributed by atoms with Crippen molar-refractivity contribution in [2.24, 2.45) is 0 Å². The molecule has 0 saturated carbocycles. The molecular weight excluding hydrogens is 338 g/mol. The van der Waals surface area contributed by atoms with Crippen molar-refractivity contribution in [1.82, 2.24) is 4.98 Å². The minimum Gasteiger partial charge on any atom is -0.361 e. The van der Waals surface area contributed by atoms with Crippen molar-refractivity contribution in [3.63, 3.8) is 0 Å². The number of aromatic amines is 1. The molecule has 5 heteroatoms. The maximum Gasteiger partial charge on any atom is 0.214 e. The van der Waals surface area contributed by atoms with Gasteiger partial charge in [0.2, 0.25) is 6.54 Å². The van der Waals surface area contributed by atoms with E-state index in [2.05, 4.69) is 41.9 Å². The molecule has 1 aliphatic heterocycles. The average Bonchev–Trinajstić information content (AvgIpc) is 3.15. The first-order chi connectivity index (χ1) is 12.9. The van der Waals surface area contributed by atoms with Gasteiger partial charge in [-0.05, 0) is 29.3 Å². The highest BCUT2D eigenvalue weighted by Gasteiger charge is 2.39. The molecule has 0 bridgehead atoms. The van der Waals surface area contributed by atoms with Gasteiger partial charge in [0.25, 0.3) is 0 Å². The first kappa shape index (κ1) is 17.3. The Kier molecular flexibility index (Phi) is 4.02. The van der Waals surface area contributed by atoms with Crippen LogP contribution in [0.5, 0.6) is 0 Å². The third-order valence-corrected chi connectivity index (χ3v) is 5.67. The van der Waals surface area contributed by atoms with Crippen LogP contribution in [-0.2, 0) is 5.41 Å². The first-order valence-corrected chi connectivity index (χ1v) is 9.13. The molecule has 0 fully saturated rings. The topological polar surface area (TPSA) is 62.2 Å². The molecule has 2 aromatic carbocycles. The summed E-state index contributed by atoms with van der Waals surface area (Å²) in [5, 5.41) is 12.5. The van der Waals surface area contributed by atoms with Crippen molar-refractivity contribution in [2.75, 3.05) is 18.5 Å². The Balaban J connectivity index is 1.84. The molecule has 5 nitrogen and oxygen atoms in total. The van der Waals surface area contributed by atoms with E-state index in [1.807, 2.05) is 49.6 Å². The molecule has 0 radical (unpaired) electrons. The van der Waals surface area contributed by atoms with E-state index in [0.717, 1.165) is 27.9 Å². The quantitative estimate of drug-likeness (QED) is 0.534. The lowest BCUT2D eigenvalue weighted by Crippen LogP contribution is -2.24. The molecule has 0 unspecified atom stereocenters. The van der Waals surface area contributed by atoms with E-state index in [1.54, 1.807) is 0 Å². The average molecular weight is 361 g/mol. The summed E-state index contributed by atoms with van der Waals surface area (Å²) in [5.41, 5.74) is 5.27. The van der Waals surface area contributed by atoms with E-state index in [9.17, 15) is 10.1 Å². The Bertz CT molecular complexity index is 1050. The van der Waals surface area contributed by atoms with E-state index in [1.165, 1.54) is 5.56 Å². The number of aromatic nitrogens is 1. The summed E-state index contributed by atoms with van der Waals surface area (Å²) in [6, 6.07) is 16.3. The van der Waals surface area contributed by atoms with Crippen LogP contribution in [0.15, 0.2) is 66.5 Å². The fourth-order valence-corrected chi connectivity index (χ4v) is 4.29. The fraction of sp³-hybridized carbons (Fsp3) is 0.273. The highest BCUT2D eigenvalue weighted by molar-refractivity contribution is 5.84. The molecule has 0 saturated heterocycles. The van der Waals surface area contributed by atoms with Crippen LogP contribution < -0.4 is 4.90 Å². The van der Waals surface area contributed by atoms with Gasteiger partial charge < -0.3 is 9.88 Å². The number of nitrogens with one attached hydrogen (secondary N) is 1. The molecule has 0 aliphatic carbocycles. The van der Waals surface area contributed by atoms with Gasteiger partial charge >= 0.3 is 0 Å². The standard InChI is InChI=1S/C22H23N3O2/c1-22(2)18-9-5-7-11-20(18)24(3)21(22)12-15(14-25(26)27)17-13-23-19-10-6-4-8-16(17)19/h4-13,15,23H,14H2,1-3H3/b21-12+/t15-/m0/s1. The lowest BCUT2D eigenvalue weighted by molar-refractivity contribution is -0.481. The molecule has 138 valence electrons. The predicted octanol–water partition coefficient (Wildman–Crippen LogP) is 4.84. The molecule has 3 aromatic rings. The van der Waals surface area contributed by atoms with Gasteiger partial charge in [-0.1, -0.05) is 50.2 Å². The predicted molar refractivity (Wildman–Crippen MR) is 109 cm³/mol. The number of para-hydroxylation sites is 2. The van der Waals surface area contributed by atoms with Gasteiger partial charge in [0.1, 0.15) is 0 Å². The summed E-state index contributed by atoms with van der Waals surface area (Å²) < 4.78 is 0. The summed E-state index contributed by atoms with van der Waals surface area (Å²) in [5.74, 6) is -0.304. The van der Waals surface area contributed by atoms with Gasteiger partial charge in [0.15, 0.2) is 0 Å². The minimum absolute atomic E-state index is 0.133. The fourth-order valence-electron chi connectivity index (χ4n) is 4.29. The van der Waals surface area contributed by atoms with Crippen LogP contribution in [0, 0.1) is 10.1 Å². The highest BCUT2D eigenvalue weighted by Crippen LogP contribution is 2.47. The summed E-state index contributed by atoms with van der Waals surface area (Å²) in [4.78, 5) is 16.6. The van der Waals surface area contributed by atoms with Crippen molar-refractivity contribution < 1.29 is 4.92 Å². The normalized spacial score (nSPS) is 18.0. The molecular formula is C22H23N3O2. The second-order valence-electron chi connectivity index (χ2n) is 7.66. The SMILES string of the molecule is CN1/C(=C/[C@@H](C[N+](=O)[O-])c2c[nH]c3ccccc23)C(C)(C)c2ccccc21. The molecule has 0 amide bonds. The maximum atomic E-state index is 11.4. The van der Waals surface area contributed by atoms with Crippen LogP contribution in [0.4, 0.5) is 5.69 Å². The number of allylic oxidation sites excluding steroid dienone is 1. The van der Waals surface area contributed by atoms with Crippen molar-refractivity contribution in [1.29, 1.82) is 0 Å². The van der Waals surface area contributed by atoms with E-state index >= 15 is 0 Å². The smallest absolute Gasteiger partial charge is 0.214 e. The molecule has 0 spiro atoms. The van der Waals surface area contributed by atoms with E-state index < -0.39 is 0 Å². The number of fused-ring (bicyclic) bond motifs is 2. The third kappa shape index (κ3) is 2.79. The Morgan fingerprint density at radius 2 is 1.89 bits per heavy atom. The maximum absolute atomic E-state index is 11.4. The van der Waals surface area contributed by atoms with Gasteiger partial charge in [-0.15, -0.1) is 0 Å². The van der Waals surface area contributed by atoms with Gasteiger partial charge in [-0.25, -0.2) is 0 Å². The number of benzene rings is 2. The molecule has 1 N–H and O–H groups in total. The van der Waals surface area contributed by atoms with Crippen LogP contribution in [0.25, 0.3) is 10.9 Å². The van der Waals surface area contributed by atoms with E-state index in [4.69, 9.17) is 0 Å². The lowest BCUT2D eigenvalue weighted by atomic mass is 9.82. The summed E-state index contributed by atoms with van der Waals surface area (Å²) in [6.45, 7) is 4.23. The van der Waals surface area contributed by atoms with Crippen molar-refractivity contribution >= 4 is 16.6 Å². The number of anilines is 1. The first-order valence-electron chi connectivity index (χ1n) is 9.13. The van der Waals surface area contributed by atoms with Gasteiger partial charge in [-0.3, -0.25) is 10.1 Å². The van der Waals surface area contributed by atoms with Crippen LogP contribution in [0.1, 0.15) is 30.9 Å². The number of hydrogen-bond donors (Lipinski definition) is 1. The number of nitrogens with zero attached hydrogens (tertiary/aromatic N) is 2. The zero-order valence-electron chi connectivity index (χ0n) is 15.8. The summed E-state index contributed by atoms with van der Waals surface area (Å²) in [6.07, 6.45) is 3.99. The zero-order chi connectivity index (χ0) is 19.2. The van der Waals surface area contributed by atoms with E-state index in [0.29, 0.717) is 0 Å². The van der Waals surface area contributed by atoms with Crippen molar-refractivity contribution in [3.8, 4) is 0 Å².